The molecule has 0 N–H and O–H groups in total. The van der Waals surface area contributed by atoms with Crippen LogP contribution in [0, 0.1) is 4.91 Å². The average Bonchev–Trinajstić information content (AvgIpc) is 2.06. The van der Waals surface area contributed by atoms with E-state index in [1.54, 1.807) is 0 Å². The lowest BCUT2D eigenvalue weighted by molar-refractivity contribution is -0.981. The van der Waals surface area contributed by atoms with Gasteiger partial charge in [0.05, 0.1) is 13.2 Å². The van der Waals surface area contributed by atoms with Crippen LogP contribution >= 0.6 is 0 Å². The summed E-state index contributed by atoms with van der Waals surface area (Å²) in [5.41, 5.74) is 0. The van der Waals surface area contributed by atoms with Crippen LogP contribution in [0.2, 0.25) is 0 Å². The fraction of sp³-hybridized carbons (Fsp3) is 1.00. The summed E-state index contributed by atoms with van der Waals surface area (Å²) in [5, 5.41) is 0.0536. The molecule has 6 nitrogen and oxygen atoms in total. The van der Waals surface area contributed by atoms with Gasteiger partial charge in [-0.05, 0) is 0 Å². The summed E-state index contributed by atoms with van der Waals surface area (Å²) in [5.74, 6) is 0. The van der Waals surface area contributed by atoms with Crippen LogP contribution in [0.1, 0.15) is 0 Å². The van der Waals surface area contributed by atoms with Crippen molar-refractivity contribution in [3.8, 4) is 0 Å². The minimum Gasteiger partial charge on any atom is -0.381 e. The molecule has 6 heteroatoms. The molecule has 0 radical (unpaired) electrons. The first-order valence-electron chi connectivity index (χ1n) is 3.52. The third kappa shape index (κ3) is 7.23. The second kappa shape index (κ2) is 8.22. The van der Waals surface area contributed by atoms with Gasteiger partial charge in [-0.25, -0.2) is 0 Å². The maximum atomic E-state index is 10.6. The number of ether oxygens (including phenoxy) is 2. The lowest BCUT2D eigenvalue weighted by atomic mass is 10.8. The van der Waals surface area contributed by atoms with Crippen LogP contribution in [0.5, 0.6) is 0 Å². The third-order valence-electron chi connectivity index (χ3n) is 0.968. The Bertz CT molecular complexity index is 107. The van der Waals surface area contributed by atoms with Gasteiger partial charge in [0.15, 0.2) is 13.2 Å². The third-order valence-corrected chi connectivity index (χ3v) is 0.968. The number of rotatable bonds is 8. The van der Waals surface area contributed by atoms with Crippen molar-refractivity contribution < 1.29 is 24.2 Å². The molecule has 0 aliphatic carbocycles. The van der Waals surface area contributed by atoms with Crippen LogP contribution in [-0.2, 0) is 19.1 Å². The highest BCUT2D eigenvalue weighted by Gasteiger charge is 2.10. The highest BCUT2D eigenvalue weighted by atomic mass is 17.0. The lowest BCUT2D eigenvalue weighted by Crippen LogP contribution is -2.16. The van der Waals surface area contributed by atoms with E-state index in [1.807, 2.05) is 0 Å². The molecule has 12 heavy (non-hydrogen) atoms. The predicted octanol–water partition coefficient (Wildman–Crippen LogP) is -0.0787. The summed E-state index contributed by atoms with van der Waals surface area (Å²) in [7, 11) is 3.04. The first-order chi connectivity index (χ1) is 5.81. The van der Waals surface area contributed by atoms with E-state index in [2.05, 4.69) is 19.1 Å². The second-order valence-electron chi connectivity index (χ2n) is 1.88. The van der Waals surface area contributed by atoms with E-state index < -0.39 is 0 Å². The van der Waals surface area contributed by atoms with E-state index in [9.17, 15) is 4.91 Å². The van der Waals surface area contributed by atoms with Crippen molar-refractivity contribution in [2.45, 2.75) is 0 Å². The first kappa shape index (κ1) is 11.1. The fourth-order valence-electron chi connectivity index (χ4n) is 0.428. The summed E-state index contributed by atoms with van der Waals surface area (Å²) in [4.78, 5) is 19.6. The van der Waals surface area contributed by atoms with Gasteiger partial charge >= 0.3 is 5.09 Å². The van der Waals surface area contributed by atoms with Gasteiger partial charge in [-0.2, -0.15) is 9.68 Å². The normalized spacial score (nSPS) is 9.50. The van der Waals surface area contributed by atoms with E-state index in [-0.39, 0.29) is 18.3 Å². The van der Waals surface area contributed by atoms with Crippen molar-refractivity contribution in [2.75, 3.05) is 40.6 Å². The van der Waals surface area contributed by atoms with Crippen molar-refractivity contribution in [3.05, 3.63) is 4.91 Å². The summed E-state index contributed by atoms with van der Waals surface area (Å²) < 4.78 is 9.29. The first-order valence-corrected chi connectivity index (χ1v) is 3.52. The summed E-state index contributed by atoms with van der Waals surface area (Å²) in [6.07, 6.45) is 0. The van der Waals surface area contributed by atoms with Crippen molar-refractivity contribution in [1.82, 2.24) is 0 Å². The molecule has 0 amide bonds. The highest BCUT2D eigenvalue weighted by Crippen LogP contribution is 1.82. The van der Waals surface area contributed by atoms with Crippen LogP contribution < -0.4 is 0 Å². The topological polar surface area (TPSA) is 57.0 Å². The Morgan fingerprint density at radius 1 is 0.917 bits per heavy atom. The summed E-state index contributed by atoms with van der Waals surface area (Å²) >= 11 is 0. The maximum absolute atomic E-state index is 10.6. The van der Waals surface area contributed by atoms with Crippen LogP contribution in [0.4, 0.5) is 0 Å². The molecule has 0 saturated carbocycles. The highest BCUT2D eigenvalue weighted by molar-refractivity contribution is 4.17. The number of methoxy groups -OCH3 is 2. The zero-order valence-corrected chi connectivity index (χ0v) is 7.32. The van der Waals surface area contributed by atoms with Crippen LogP contribution in [0.15, 0.2) is 0 Å². The Labute approximate surface area is 70.8 Å². The molecule has 0 spiro atoms. The maximum Gasteiger partial charge on any atom is 0.477 e. The zero-order chi connectivity index (χ0) is 9.23. The van der Waals surface area contributed by atoms with Crippen molar-refractivity contribution in [1.29, 1.82) is 0 Å². The van der Waals surface area contributed by atoms with Gasteiger partial charge in [0.25, 0.3) is 0 Å². The SMILES string of the molecule is COCCO[N+](=O)OCCOC. The molecule has 0 rings (SSSR count). The van der Waals surface area contributed by atoms with Gasteiger partial charge in [0.1, 0.15) is 4.91 Å². The molecule has 0 aliphatic rings. The van der Waals surface area contributed by atoms with Crippen LogP contribution in [0.25, 0.3) is 0 Å². The molecule has 0 heterocycles. The molecule has 0 fully saturated rings. The van der Waals surface area contributed by atoms with Crippen molar-refractivity contribution >= 4 is 0 Å². The zero-order valence-electron chi connectivity index (χ0n) is 7.32. The Morgan fingerprint density at radius 3 is 1.67 bits per heavy atom. The van der Waals surface area contributed by atoms with E-state index in [4.69, 9.17) is 0 Å². The molecule has 0 aromatic carbocycles. The quantitative estimate of drug-likeness (QED) is 0.386. The molecule has 0 aliphatic heterocycles. The molecule has 0 atom stereocenters. The monoisotopic (exact) mass is 180 g/mol. The molecule has 0 aromatic heterocycles. The standard InChI is InChI=1S/C6H14NO5/c1-9-3-5-11-7(8)12-6-4-10-2/h3-6H2,1-2H3/q+1. The van der Waals surface area contributed by atoms with Gasteiger partial charge in [0.2, 0.25) is 0 Å². The fourth-order valence-corrected chi connectivity index (χ4v) is 0.428. The second-order valence-corrected chi connectivity index (χ2v) is 1.88. The lowest BCUT2D eigenvalue weighted by Gasteiger charge is -1.94. The molecule has 72 valence electrons. The van der Waals surface area contributed by atoms with Crippen LogP contribution in [0.3, 0.4) is 0 Å². The predicted molar refractivity (Wildman–Crippen MR) is 39.3 cm³/mol. The number of nitrogens with zero attached hydrogens (tertiary/aromatic N) is 1. The van der Waals surface area contributed by atoms with Gasteiger partial charge in [-0.15, -0.1) is 0 Å². The summed E-state index contributed by atoms with van der Waals surface area (Å²) in [6.45, 7) is 1.05. The van der Waals surface area contributed by atoms with Crippen LogP contribution in [-0.4, -0.2) is 45.7 Å². The minimum absolute atomic E-state index is 0.0536. The Morgan fingerprint density at radius 2 is 1.33 bits per heavy atom. The van der Waals surface area contributed by atoms with Gasteiger partial charge in [-0.1, -0.05) is 0 Å². The molecule has 0 unspecified atom stereocenters. The van der Waals surface area contributed by atoms with Crippen molar-refractivity contribution in [3.63, 3.8) is 0 Å². The van der Waals surface area contributed by atoms with E-state index in [0.717, 1.165) is 0 Å². The van der Waals surface area contributed by atoms with E-state index in [0.29, 0.717) is 13.2 Å². The molecular weight excluding hydrogens is 166 g/mol. The molecule has 0 aromatic rings. The van der Waals surface area contributed by atoms with Crippen molar-refractivity contribution in [2.24, 2.45) is 0 Å². The van der Waals surface area contributed by atoms with Gasteiger partial charge < -0.3 is 9.47 Å². The molecule has 0 saturated heterocycles. The Hall–Kier alpha value is -0.880. The average molecular weight is 180 g/mol. The number of hydrogen-bond donors (Lipinski definition) is 0. The van der Waals surface area contributed by atoms with Gasteiger partial charge in [-0.3, -0.25) is 0 Å². The summed E-state index contributed by atoms with van der Waals surface area (Å²) in [6, 6.07) is 0. The minimum atomic E-state index is 0.0536. The largest absolute Gasteiger partial charge is 0.477 e. The molecule has 0 bridgehead atoms. The smallest absolute Gasteiger partial charge is 0.381 e. The van der Waals surface area contributed by atoms with Gasteiger partial charge in [0, 0.05) is 14.2 Å². The molecular formula is C6H14NO5+. The Kier molecular flexibility index (Phi) is 7.62. The van der Waals surface area contributed by atoms with E-state index >= 15 is 0 Å². The number of hydrogen-bond acceptors (Lipinski definition) is 5. The Balaban J connectivity index is 3.10. The van der Waals surface area contributed by atoms with E-state index in [1.165, 1.54) is 14.2 Å².